The smallest absolute Gasteiger partial charge is 0.319 e. The molecule has 0 radical (unpaired) electrons. The third kappa shape index (κ3) is 5.92. The van der Waals surface area contributed by atoms with Crippen molar-refractivity contribution in [2.45, 2.75) is 30.1 Å². The number of carbonyl (C=O) groups excluding carboxylic acids is 2. The van der Waals surface area contributed by atoms with Crippen LogP contribution in [0, 0.1) is 0 Å². The van der Waals surface area contributed by atoms with Crippen LogP contribution >= 0.6 is 35.0 Å². The summed E-state index contributed by atoms with van der Waals surface area (Å²) in [5.41, 5.74) is 0.362. The maximum absolute atomic E-state index is 12.2. The van der Waals surface area contributed by atoms with Crippen LogP contribution < -0.4 is 5.32 Å². The van der Waals surface area contributed by atoms with Crippen molar-refractivity contribution in [1.82, 2.24) is 4.98 Å². The van der Waals surface area contributed by atoms with E-state index in [1.807, 2.05) is 12.1 Å². The van der Waals surface area contributed by atoms with Crippen LogP contribution in [0.25, 0.3) is 0 Å². The van der Waals surface area contributed by atoms with Crippen molar-refractivity contribution >= 4 is 52.5 Å². The Morgan fingerprint density at radius 2 is 1.84 bits per heavy atom. The number of halogens is 2. The third-order valence-corrected chi connectivity index (χ3v) is 4.78. The summed E-state index contributed by atoms with van der Waals surface area (Å²) in [6.07, 6.45) is 0.550. The molecule has 2 aromatic rings. The van der Waals surface area contributed by atoms with Gasteiger partial charge in [-0.05, 0) is 50.2 Å². The van der Waals surface area contributed by atoms with Crippen LogP contribution in [0.5, 0.6) is 0 Å². The SMILES string of the molecule is C[C@H](OC(=O)[C@H](C)Sc1ccc(Cl)cc1)C(=O)Nc1cccnc1Cl. The first kappa shape index (κ1) is 19.6. The minimum absolute atomic E-state index is 0.168. The Hall–Kier alpha value is -1.76. The van der Waals surface area contributed by atoms with Crippen LogP contribution in [-0.2, 0) is 14.3 Å². The molecular formula is C17H16Cl2N2O3S. The maximum Gasteiger partial charge on any atom is 0.319 e. The minimum Gasteiger partial charge on any atom is -0.452 e. The third-order valence-electron chi connectivity index (χ3n) is 3.14. The topological polar surface area (TPSA) is 68.3 Å². The average Bonchev–Trinajstić information content (AvgIpc) is 2.58. The molecule has 2 rings (SSSR count). The molecule has 1 aromatic heterocycles. The molecule has 25 heavy (non-hydrogen) atoms. The normalized spacial score (nSPS) is 13.0. The van der Waals surface area contributed by atoms with Gasteiger partial charge < -0.3 is 10.1 Å². The summed E-state index contributed by atoms with van der Waals surface area (Å²) in [4.78, 5) is 29.0. The molecule has 0 aliphatic rings. The number of benzene rings is 1. The molecule has 1 N–H and O–H groups in total. The van der Waals surface area contributed by atoms with Gasteiger partial charge in [0.15, 0.2) is 11.3 Å². The summed E-state index contributed by atoms with van der Waals surface area (Å²) in [6, 6.07) is 10.4. The van der Waals surface area contributed by atoms with Gasteiger partial charge in [0.25, 0.3) is 5.91 Å². The number of ether oxygens (including phenoxy) is 1. The van der Waals surface area contributed by atoms with Gasteiger partial charge in [0.2, 0.25) is 0 Å². The number of esters is 1. The van der Waals surface area contributed by atoms with Crippen LogP contribution in [0.4, 0.5) is 5.69 Å². The molecule has 1 amide bonds. The van der Waals surface area contributed by atoms with Gasteiger partial charge in [0.1, 0.15) is 5.25 Å². The second-order valence-corrected chi connectivity index (χ2v) is 7.33. The fourth-order valence-electron chi connectivity index (χ4n) is 1.80. The number of aromatic nitrogens is 1. The molecule has 0 unspecified atom stereocenters. The molecule has 0 saturated heterocycles. The summed E-state index contributed by atoms with van der Waals surface area (Å²) in [5, 5.41) is 2.90. The van der Waals surface area contributed by atoms with Crippen molar-refractivity contribution in [1.29, 1.82) is 0 Å². The van der Waals surface area contributed by atoms with Crippen molar-refractivity contribution in [2.24, 2.45) is 0 Å². The second-order valence-electron chi connectivity index (χ2n) is 5.12. The molecule has 8 heteroatoms. The first-order valence-electron chi connectivity index (χ1n) is 7.41. The molecule has 1 aromatic carbocycles. The zero-order valence-electron chi connectivity index (χ0n) is 13.5. The molecule has 0 aliphatic carbocycles. The first-order valence-corrected chi connectivity index (χ1v) is 9.04. The highest BCUT2D eigenvalue weighted by atomic mass is 35.5. The summed E-state index contributed by atoms with van der Waals surface area (Å²) in [5.74, 6) is -0.966. The number of hydrogen-bond donors (Lipinski definition) is 1. The number of amides is 1. The predicted octanol–water partition coefficient (Wildman–Crippen LogP) is 4.44. The second kappa shape index (κ2) is 9.08. The van der Waals surface area contributed by atoms with Gasteiger partial charge in [0.05, 0.1) is 5.69 Å². The number of nitrogens with zero attached hydrogens (tertiary/aromatic N) is 1. The van der Waals surface area contributed by atoms with Gasteiger partial charge >= 0.3 is 5.97 Å². The van der Waals surface area contributed by atoms with E-state index in [0.29, 0.717) is 10.7 Å². The lowest BCUT2D eigenvalue weighted by Crippen LogP contribution is -2.32. The van der Waals surface area contributed by atoms with Crippen molar-refractivity contribution < 1.29 is 14.3 Å². The van der Waals surface area contributed by atoms with Crippen LogP contribution in [0.1, 0.15) is 13.8 Å². The van der Waals surface area contributed by atoms with Crippen molar-refractivity contribution in [3.05, 3.63) is 52.8 Å². The minimum atomic E-state index is -0.961. The van der Waals surface area contributed by atoms with E-state index >= 15 is 0 Å². The van der Waals surface area contributed by atoms with Crippen LogP contribution in [0.3, 0.4) is 0 Å². The largest absolute Gasteiger partial charge is 0.452 e. The van der Waals surface area contributed by atoms with E-state index in [4.69, 9.17) is 27.9 Å². The fraction of sp³-hybridized carbons (Fsp3) is 0.235. The zero-order chi connectivity index (χ0) is 18.4. The Labute approximate surface area is 160 Å². The number of thioether (sulfide) groups is 1. The summed E-state index contributed by atoms with van der Waals surface area (Å²) < 4.78 is 5.22. The average molecular weight is 399 g/mol. The Kier molecular flexibility index (Phi) is 7.11. The number of carbonyl (C=O) groups is 2. The van der Waals surface area contributed by atoms with E-state index in [1.54, 1.807) is 31.2 Å². The summed E-state index contributed by atoms with van der Waals surface area (Å²) in [7, 11) is 0. The van der Waals surface area contributed by atoms with Gasteiger partial charge in [-0.15, -0.1) is 11.8 Å². The summed E-state index contributed by atoms with van der Waals surface area (Å²) >= 11 is 13.0. The van der Waals surface area contributed by atoms with Gasteiger partial charge in [-0.1, -0.05) is 23.2 Å². The lowest BCUT2D eigenvalue weighted by molar-refractivity contribution is -0.152. The quantitative estimate of drug-likeness (QED) is 0.442. The number of rotatable bonds is 6. The molecule has 0 spiro atoms. The molecule has 5 nitrogen and oxygen atoms in total. The van der Waals surface area contributed by atoms with E-state index in [2.05, 4.69) is 10.3 Å². The highest BCUT2D eigenvalue weighted by Crippen LogP contribution is 2.25. The lowest BCUT2D eigenvalue weighted by atomic mass is 10.3. The number of hydrogen-bond acceptors (Lipinski definition) is 5. The summed E-state index contributed by atoms with van der Waals surface area (Å²) in [6.45, 7) is 3.21. The van der Waals surface area contributed by atoms with Crippen LogP contribution in [0.15, 0.2) is 47.5 Å². The van der Waals surface area contributed by atoms with Gasteiger partial charge in [-0.3, -0.25) is 9.59 Å². The predicted molar refractivity (Wildman–Crippen MR) is 100 cm³/mol. The van der Waals surface area contributed by atoms with Gasteiger partial charge in [-0.25, -0.2) is 4.98 Å². The van der Waals surface area contributed by atoms with E-state index in [-0.39, 0.29) is 5.15 Å². The van der Waals surface area contributed by atoms with Crippen molar-refractivity contribution in [3.8, 4) is 0 Å². The molecule has 0 aliphatic heterocycles. The Bertz CT molecular complexity index is 756. The van der Waals surface area contributed by atoms with Crippen molar-refractivity contribution in [3.63, 3.8) is 0 Å². The monoisotopic (exact) mass is 398 g/mol. The van der Waals surface area contributed by atoms with E-state index in [1.165, 1.54) is 24.9 Å². The molecule has 132 valence electrons. The molecule has 1 heterocycles. The van der Waals surface area contributed by atoms with Crippen LogP contribution in [0.2, 0.25) is 10.2 Å². The molecule has 0 saturated carbocycles. The Morgan fingerprint density at radius 1 is 1.16 bits per heavy atom. The molecular weight excluding hydrogens is 383 g/mol. The molecule has 0 bridgehead atoms. The number of nitrogens with one attached hydrogen (secondary N) is 1. The van der Waals surface area contributed by atoms with Crippen molar-refractivity contribution in [2.75, 3.05) is 5.32 Å². The van der Waals surface area contributed by atoms with E-state index in [0.717, 1.165) is 4.90 Å². The molecule has 0 fully saturated rings. The van der Waals surface area contributed by atoms with Gasteiger partial charge in [0, 0.05) is 16.1 Å². The Morgan fingerprint density at radius 3 is 2.48 bits per heavy atom. The number of anilines is 1. The Balaban J connectivity index is 1.89. The number of pyridine rings is 1. The highest BCUT2D eigenvalue weighted by molar-refractivity contribution is 8.00. The van der Waals surface area contributed by atoms with Gasteiger partial charge in [-0.2, -0.15) is 0 Å². The van der Waals surface area contributed by atoms with E-state index in [9.17, 15) is 9.59 Å². The molecule has 2 atom stereocenters. The lowest BCUT2D eigenvalue weighted by Gasteiger charge is -2.16. The fourth-order valence-corrected chi connectivity index (χ4v) is 2.95. The van der Waals surface area contributed by atoms with Crippen LogP contribution in [-0.4, -0.2) is 28.2 Å². The first-order chi connectivity index (χ1) is 11.9. The highest BCUT2D eigenvalue weighted by Gasteiger charge is 2.23. The standard InChI is InChI=1S/C17H16Cl2N2O3S/c1-10(16(22)21-14-4-3-9-20-15(14)19)24-17(23)11(2)25-13-7-5-12(18)6-8-13/h3-11H,1-2H3,(H,21,22)/t10-,11-/m0/s1. The maximum atomic E-state index is 12.2. The van der Waals surface area contributed by atoms with E-state index < -0.39 is 23.2 Å². The zero-order valence-corrected chi connectivity index (χ0v) is 15.9.